The fourth-order valence-electron chi connectivity index (χ4n) is 6.45. The van der Waals surface area contributed by atoms with E-state index in [1.807, 2.05) is 24.3 Å². The highest BCUT2D eigenvalue weighted by molar-refractivity contribution is 5.74. The molecule has 3 fully saturated rings. The Bertz CT molecular complexity index is 1370. The first-order valence-corrected chi connectivity index (χ1v) is 13.0. The molecule has 36 heavy (non-hydrogen) atoms. The van der Waals surface area contributed by atoms with Gasteiger partial charge in [0.1, 0.15) is 0 Å². The van der Waals surface area contributed by atoms with Crippen molar-refractivity contribution in [1.82, 2.24) is 29.6 Å². The largest absolute Gasteiger partial charge is 0.369 e. The molecule has 3 aliphatic rings. The summed E-state index contributed by atoms with van der Waals surface area (Å²) in [5.74, 6) is 3.19. The highest BCUT2D eigenvalue weighted by Crippen LogP contribution is 2.46. The Morgan fingerprint density at radius 3 is 2.42 bits per heavy atom. The topological polar surface area (TPSA) is 101 Å². The molecular formula is C27H31N9. The molecule has 3 atom stereocenters. The molecule has 1 saturated heterocycles. The Hall–Kier alpha value is -3.72. The van der Waals surface area contributed by atoms with Crippen LogP contribution in [0.5, 0.6) is 0 Å². The predicted octanol–water partition coefficient (Wildman–Crippen LogP) is 3.85. The molecule has 4 aromatic rings. The van der Waals surface area contributed by atoms with Gasteiger partial charge in [-0.1, -0.05) is 18.6 Å². The molecule has 2 aromatic carbocycles. The maximum absolute atomic E-state index is 6.14. The molecule has 184 valence electrons. The normalized spacial score (nSPS) is 24.0. The van der Waals surface area contributed by atoms with Gasteiger partial charge in [-0.25, -0.2) is 4.98 Å². The van der Waals surface area contributed by atoms with Crippen molar-refractivity contribution in [3.05, 3.63) is 54.7 Å². The number of fused-ring (bicyclic) bond motifs is 3. The van der Waals surface area contributed by atoms with Crippen molar-refractivity contribution in [2.45, 2.75) is 31.7 Å². The molecule has 2 aliphatic carbocycles. The zero-order valence-electron chi connectivity index (χ0n) is 20.3. The summed E-state index contributed by atoms with van der Waals surface area (Å²) >= 11 is 0. The lowest BCUT2D eigenvalue weighted by Gasteiger charge is -2.41. The Labute approximate surface area is 210 Å². The second-order valence-corrected chi connectivity index (χ2v) is 10.4. The van der Waals surface area contributed by atoms with Crippen molar-refractivity contribution in [3.8, 4) is 5.82 Å². The minimum Gasteiger partial charge on any atom is -0.369 e. The van der Waals surface area contributed by atoms with Crippen molar-refractivity contribution < 1.29 is 0 Å². The molecular weight excluding hydrogens is 450 g/mol. The van der Waals surface area contributed by atoms with Gasteiger partial charge in [-0.3, -0.25) is 9.88 Å². The number of aromatic nitrogens is 5. The molecule has 3 unspecified atom stereocenters. The maximum Gasteiger partial charge on any atom is 0.248 e. The second-order valence-electron chi connectivity index (χ2n) is 10.4. The van der Waals surface area contributed by atoms with Crippen LogP contribution in [-0.4, -0.2) is 61.9 Å². The van der Waals surface area contributed by atoms with E-state index in [1.54, 1.807) is 6.20 Å². The Morgan fingerprint density at radius 2 is 1.67 bits per heavy atom. The first-order valence-electron chi connectivity index (χ1n) is 13.0. The van der Waals surface area contributed by atoms with Gasteiger partial charge in [-0.2, -0.15) is 9.67 Å². The summed E-state index contributed by atoms with van der Waals surface area (Å²) in [6.07, 6.45) is 7.50. The third-order valence-electron chi connectivity index (χ3n) is 8.26. The third-order valence-corrected chi connectivity index (χ3v) is 8.26. The van der Waals surface area contributed by atoms with Gasteiger partial charge in [-0.15, -0.1) is 5.10 Å². The maximum atomic E-state index is 6.14. The number of rotatable bonds is 5. The minimum atomic E-state index is 0.257. The van der Waals surface area contributed by atoms with Gasteiger partial charge in [0.2, 0.25) is 11.9 Å². The average molecular weight is 482 g/mol. The van der Waals surface area contributed by atoms with Crippen molar-refractivity contribution in [1.29, 1.82) is 0 Å². The monoisotopic (exact) mass is 481 g/mol. The van der Waals surface area contributed by atoms with Crippen LogP contribution in [0.2, 0.25) is 0 Å². The Balaban J connectivity index is 1.000. The number of hydrogen-bond acceptors (Lipinski definition) is 8. The molecule has 2 saturated carbocycles. The predicted molar refractivity (Wildman–Crippen MR) is 142 cm³/mol. The zero-order chi connectivity index (χ0) is 24.1. The second kappa shape index (κ2) is 8.74. The first-order chi connectivity index (χ1) is 17.7. The number of para-hydroxylation sites is 2. The lowest BCUT2D eigenvalue weighted by Crippen LogP contribution is -2.51. The van der Waals surface area contributed by atoms with E-state index in [1.165, 1.54) is 49.1 Å². The third kappa shape index (κ3) is 3.93. The molecule has 0 spiro atoms. The van der Waals surface area contributed by atoms with Crippen LogP contribution >= 0.6 is 0 Å². The molecule has 2 aromatic heterocycles. The molecule has 0 amide bonds. The van der Waals surface area contributed by atoms with Crippen LogP contribution in [-0.2, 0) is 0 Å². The van der Waals surface area contributed by atoms with Crippen LogP contribution in [0.25, 0.3) is 16.9 Å². The van der Waals surface area contributed by atoms with Crippen molar-refractivity contribution in [3.63, 3.8) is 0 Å². The minimum absolute atomic E-state index is 0.257. The van der Waals surface area contributed by atoms with E-state index < -0.39 is 0 Å². The van der Waals surface area contributed by atoms with E-state index in [0.717, 1.165) is 47.7 Å². The number of anilines is 4. The summed E-state index contributed by atoms with van der Waals surface area (Å²) in [6, 6.07) is 17.0. The van der Waals surface area contributed by atoms with Crippen molar-refractivity contribution in [2.75, 3.05) is 42.1 Å². The summed E-state index contributed by atoms with van der Waals surface area (Å²) < 4.78 is 1.51. The number of nitrogens with two attached hydrogens (primary N) is 1. The quantitative estimate of drug-likeness (QED) is 0.443. The van der Waals surface area contributed by atoms with Gasteiger partial charge < -0.3 is 16.0 Å². The van der Waals surface area contributed by atoms with Crippen molar-refractivity contribution in [2.24, 2.45) is 11.8 Å². The van der Waals surface area contributed by atoms with E-state index in [-0.39, 0.29) is 5.95 Å². The molecule has 2 bridgehead atoms. The summed E-state index contributed by atoms with van der Waals surface area (Å²) in [6.45, 7) is 4.53. The van der Waals surface area contributed by atoms with Gasteiger partial charge in [0.15, 0.2) is 5.82 Å². The standard InChI is InChI=1S/C27H31N9/c28-26-32-27(33-36(26)25-17-29-22-3-1-2-4-23(22)31-25)30-20-7-9-21(10-8-20)34-11-13-35(14-12-34)24-16-18-5-6-19(24)15-18/h1-4,7-10,17-19,24H,5-6,11-16H2,(H3,28,30,32,33). The molecule has 7 rings (SSSR count). The number of piperazine rings is 1. The van der Waals surface area contributed by atoms with Crippen LogP contribution in [0.4, 0.5) is 23.3 Å². The number of benzene rings is 2. The molecule has 9 heteroatoms. The molecule has 0 radical (unpaired) electrons. The molecule has 3 heterocycles. The zero-order valence-corrected chi connectivity index (χ0v) is 20.3. The highest BCUT2D eigenvalue weighted by atomic mass is 15.4. The van der Waals surface area contributed by atoms with Gasteiger partial charge in [-0.05, 0) is 67.5 Å². The summed E-state index contributed by atoms with van der Waals surface area (Å²) in [5, 5.41) is 7.77. The fourth-order valence-corrected chi connectivity index (χ4v) is 6.45. The highest BCUT2D eigenvalue weighted by Gasteiger charge is 2.42. The van der Waals surface area contributed by atoms with Gasteiger partial charge in [0.05, 0.1) is 17.2 Å². The van der Waals surface area contributed by atoms with E-state index in [4.69, 9.17) is 5.73 Å². The average Bonchev–Trinajstić information content (AvgIpc) is 3.65. The van der Waals surface area contributed by atoms with E-state index in [0.29, 0.717) is 11.8 Å². The summed E-state index contributed by atoms with van der Waals surface area (Å²) in [7, 11) is 0. The van der Waals surface area contributed by atoms with E-state index in [9.17, 15) is 0 Å². The van der Waals surface area contributed by atoms with E-state index in [2.05, 4.69) is 59.4 Å². The molecule has 3 N–H and O–H groups in total. The lowest BCUT2D eigenvalue weighted by molar-refractivity contribution is 0.135. The number of nitrogen functional groups attached to an aromatic ring is 1. The lowest BCUT2D eigenvalue weighted by atomic mass is 9.93. The van der Waals surface area contributed by atoms with Gasteiger partial charge in [0, 0.05) is 43.6 Å². The summed E-state index contributed by atoms with van der Waals surface area (Å²) in [5.41, 5.74) is 9.93. The number of nitrogens with zero attached hydrogens (tertiary/aromatic N) is 7. The molecule has 9 nitrogen and oxygen atoms in total. The van der Waals surface area contributed by atoms with E-state index >= 15 is 0 Å². The van der Waals surface area contributed by atoms with Gasteiger partial charge >= 0.3 is 0 Å². The van der Waals surface area contributed by atoms with Crippen LogP contribution in [0, 0.1) is 11.8 Å². The molecule has 1 aliphatic heterocycles. The van der Waals surface area contributed by atoms with Gasteiger partial charge in [0.25, 0.3) is 0 Å². The SMILES string of the molecule is Nc1nc(Nc2ccc(N3CCN(C4CC5CCC4C5)CC3)cc2)nn1-c1cnc2ccccc2n1. The smallest absolute Gasteiger partial charge is 0.248 e. The Morgan fingerprint density at radius 1 is 0.861 bits per heavy atom. The first kappa shape index (κ1) is 21.6. The number of nitrogens with one attached hydrogen (secondary N) is 1. The van der Waals surface area contributed by atoms with Crippen LogP contribution in [0.15, 0.2) is 54.7 Å². The van der Waals surface area contributed by atoms with Crippen LogP contribution in [0.3, 0.4) is 0 Å². The Kier molecular flexibility index (Phi) is 5.23. The summed E-state index contributed by atoms with van der Waals surface area (Å²) in [4.78, 5) is 18.7. The van der Waals surface area contributed by atoms with Crippen LogP contribution < -0.4 is 16.0 Å². The number of hydrogen-bond donors (Lipinski definition) is 2. The fraction of sp³-hybridized carbons (Fsp3) is 0.407. The van der Waals surface area contributed by atoms with Crippen molar-refractivity contribution >= 4 is 34.3 Å². The van der Waals surface area contributed by atoms with Crippen LogP contribution in [0.1, 0.15) is 25.7 Å².